The lowest BCUT2D eigenvalue weighted by molar-refractivity contribution is -0.0173. The Hall–Kier alpha value is -1.03. The highest BCUT2D eigenvalue weighted by Gasteiger charge is 2.56. The van der Waals surface area contributed by atoms with Crippen molar-refractivity contribution in [2.75, 3.05) is 0 Å². The Kier molecular flexibility index (Phi) is 3.53. The van der Waals surface area contributed by atoms with Crippen LogP contribution in [-0.4, -0.2) is 0 Å². The van der Waals surface area contributed by atoms with E-state index in [4.69, 9.17) is 5.26 Å². The molecule has 0 bridgehead atoms. The smallest absolute Gasteiger partial charge is 0.0911 e. The molecule has 0 aromatic carbocycles. The first-order chi connectivity index (χ1) is 11.0. The zero-order valence-electron chi connectivity index (χ0n) is 15.1. The van der Waals surface area contributed by atoms with Gasteiger partial charge in [-0.3, -0.25) is 0 Å². The van der Waals surface area contributed by atoms with Crippen molar-refractivity contribution < 1.29 is 0 Å². The Morgan fingerprint density at radius 1 is 1.13 bits per heavy atom. The molecule has 1 nitrogen and oxygen atoms in total. The van der Waals surface area contributed by atoms with Crippen LogP contribution in [-0.2, 0) is 0 Å². The molecule has 0 N–H and O–H groups in total. The second kappa shape index (κ2) is 5.23. The number of hydrogen-bond acceptors (Lipinski definition) is 1. The van der Waals surface area contributed by atoms with E-state index in [1.807, 2.05) is 6.08 Å². The van der Waals surface area contributed by atoms with Crippen LogP contribution in [0.2, 0.25) is 0 Å². The normalized spacial score (nSPS) is 50.5. The number of nitrogens with zero attached hydrogens (tertiary/aromatic N) is 1. The van der Waals surface area contributed by atoms with Crippen LogP contribution in [0.5, 0.6) is 0 Å². The average molecular weight is 309 g/mol. The van der Waals surface area contributed by atoms with Gasteiger partial charge in [-0.1, -0.05) is 38.0 Å². The van der Waals surface area contributed by atoms with Gasteiger partial charge in [0.2, 0.25) is 0 Å². The number of hydrogen-bond donors (Lipinski definition) is 0. The molecule has 6 atom stereocenters. The van der Waals surface area contributed by atoms with E-state index < -0.39 is 0 Å². The maximum atomic E-state index is 9.15. The zero-order chi connectivity index (χ0) is 16.2. The molecular formula is C22H31N. The lowest BCUT2D eigenvalue weighted by atomic mass is 9.47. The molecule has 0 radical (unpaired) electrons. The molecule has 0 saturated heterocycles. The van der Waals surface area contributed by atoms with Gasteiger partial charge in [-0.15, -0.1) is 0 Å². The molecule has 23 heavy (non-hydrogen) atoms. The van der Waals surface area contributed by atoms with Gasteiger partial charge in [-0.25, -0.2) is 0 Å². The minimum atomic E-state index is 0.320. The van der Waals surface area contributed by atoms with Crippen LogP contribution in [0, 0.1) is 45.8 Å². The summed E-state index contributed by atoms with van der Waals surface area (Å²) in [5, 5.41) is 9.15. The highest BCUT2D eigenvalue weighted by atomic mass is 14.6. The largest absolute Gasteiger partial charge is 0.193 e. The fourth-order valence-electron chi connectivity index (χ4n) is 7.01. The Morgan fingerprint density at radius 2 is 1.87 bits per heavy atom. The highest BCUT2D eigenvalue weighted by molar-refractivity contribution is 5.31. The van der Waals surface area contributed by atoms with E-state index in [2.05, 4.69) is 32.9 Å². The molecule has 124 valence electrons. The molecule has 1 heteroatoms. The van der Waals surface area contributed by atoms with E-state index in [9.17, 15) is 0 Å². The Bertz CT molecular complexity index is 606. The van der Waals surface area contributed by atoms with Crippen LogP contribution in [0.25, 0.3) is 0 Å². The van der Waals surface area contributed by atoms with Crippen molar-refractivity contribution in [1.29, 1.82) is 5.26 Å². The SMILES string of the molecule is CC1CCC2(C)C(=CCC3C4CCC(=CC#N)C4(C)CCC32)C1. The first-order valence-corrected chi connectivity index (χ1v) is 9.77. The van der Waals surface area contributed by atoms with Crippen molar-refractivity contribution in [2.24, 2.45) is 34.5 Å². The van der Waals surface area contributed by atoms with E-state index in [0.717, 1.165) is 23.7 Å². The van der Waals surface area contributed by atoms with Gasteiger partial charge in [0.15, 0.2) is 0 Å². The molecule has 4 aliphatic carbocycles. The summed E-state index contributed by atoms with van der Waals surface area (Å²) in [4.78, 5) is 0. The van der Waals surface area contributed by atoms with Gasteiger partial charge in [0.05, 0.1) is 6.07 Å². The Morgan fingerprint density at radius 3 is 2.65 bits per heavy atom. The van der Waals surface area contributed by atoms with Crippen molar-refractivity contribution in [3.8, 4) is 6.07 Å². The Labute approximate surface area is 141 Å². The van der Waals surface area contributed by atoms with E-state index in [0.29, 0.717) is 10.8 Å². The number of fused-ring (bicyclic) bond motifs is 5. The maximum absolute atomic E-state index is 9.15. The van der Waals surface area contributed by atoms with Crippen LogP contribution in [0.3, 0.4) is 0 Å². The first kappa shape index (κ1) is 15.5. The maximum Gasteiger partial charge on any atom is 0.0911 e. The zero-order valence-corrected chi connectivity index (χ0v) is 15.1. The third-order valence-corrected chi connectivity index (χ3v) is 8.44. The van der Waals surface area contributed by atoms with Crippen LogP contribution < -0.4 is 0 Å². The van der Waals surface area contributed by atoms with Crippen LogP contribution in [0.4, 0.5) is 0 Å². The second-order valence-electron chi connectivity index (χ2n) is 9.40. The quantitative estimate of drug-likeness (QED) is 0.395. The monoisotopic (exact) mass is 309 g/mol. The molecule has 6 unspecified atom stereocenters. The number of allylic oxidation sites excluding steroid dienone is 4. The van der Waals surface area contributed by atoms with Crippen molar-refractivity contribution in [2.45, 2.75) is 72.1 Å². The van der Waals surface area contributed by atoms with Crippen molar-refractivity contribution in [3.63, 3.8) is 0 Å². The van der Waals surface area contributed by atoms with Crippen LogP contribution in [0.15, 0.2) is 23.3 Å². The number of nitriles is 1. The van der Waals surface area contributed by atoms with Gasteiger partial charge in [0, 0.05) is 6.08 Å². The molecule has 0 aromatic rings. The average Bonchev–Trinajstić information content (AvgIpc) is 2.85. The van der Waals surface area contributed by atoms with Gasteiger partial charge in [-0.05, 0) is 85.9 Å². The summed E-state index contributed by atoms with van der Waals surface area (Å²) >= 11 is 0. The lowest BCUT2D eigenvalue weighted by Crippen LogP contribution is -2.49. The summed E-state index contributed by atoms with van der Waals surface area (Å²) < 4.78 is 0. The summed E-state index contributed by atoms with van der Waals surface area (Å²) in [6.45, 7) is 7.49. The predicted octanol–water partition coefficient (Wildman–Crippen LogP) is 6.04. The van der Waals surface area contributed by atoms with Gasteiger partial charge in [0.1, 0.15) is 0 Å². The summed E-state index contributed by atoms with van der Waals surface area (Å²) in [5.74, 6) is 3.46. The van der Waals surface area contributed by atoms with E-state index in [1.165, 1.54) is 56.9 Å². The van der Waals surface area contributed by atoms with E-state index in [1.54, 1.807) is 5.57 Å². The minimum Gasteiger partial charge on any atom is -0.193 e. The van der Waals surface area contributed by atoms with E-state index in [-0.39, 0.29) is 0 Å². The lowest BCUT2D eigenvalue weighted by Gasteiger charge is -2.57. The summed E-state index contributed by atoms with van der Waals surface area (Å²) in [6.07, 6.45) is 15.2. The molecule has 4 rings (SSSR count). The van der Waals surface area contributed by atoms with Gasteiger partial charge >= 0.3 is 0 Å². The fraction of sp³-hybridized carbons (Fsp3) is 0.773. The Balaban J connectivity index is 1.68. The fourth-order valence-corrected chi connectivity index (χ4v) is 7.01. The molecule has 3 saturated carbocycles. The van der Waals surface area contributed by atoms with Crippen LogP contribution >= 0.6 is 0 Å². The van der Waals surface area contributed by atoms with E-state index >= 15 is 0 Å². The summed E-state index contributed by atoms with van der Waals surface area (Å²) in [6, 6.07) is 2.32. The standard InChI is InChI=1S/C22H31N/c1-15-8-11-22(3)17(14-15)4-6-18-19-7-5-16(10-13-23)21(19,2)12-9-20(18)22/h4,10,15,18-20H,5-9,11-12,14H2,1-3H3. The molecule has 0 aliphatic heterocycles. The highest BCUT2D eigenvalue weighted by Crippen LogP contribution is 2.66. The third-order valence-electron chi connectivity index (χ3n) is 8.44. The number of rotatable bonds is 0. The predicted molar refractivity (Wildman–Crippen MR) is 94.6 cm³/mol. The third kappa shape index (κ3) is 2.10. The topological polar surface area (TPSA) is 23.8 Å². The molecule has 0 amide bonds. The second-order valence-corrected chi connectivity index (χ2v) is 9.40. The molecular weight excluding hydrogens is 278 g/mol. The molecule has 0 aromatic heterocycles. The molecule has 0 spiro atoms. The van der Waals surface area contributed by atoms with Crippen molar-refractivity contribution in [1.82, 2.24) is 0 Å². The first-order valence-electron chi connectivity index (χ1n) is 9.77. The van der Waals surface area contributed by atoms with Crippen molar-refractivity contribution >= 4 is 0 Å². The van der Waals surface area contributed by atoms with Gasteiger partial charge < -0.3 is 0 Å². The molecule has 3 fully saturated rings. The molecule has 0 heterocycles. The minimum absolute atomic E-state index is 0.320. The van der Waals surface area contributed by atoms with Crippen molar-refractivity contribution in [3.05, 3.63) is 23.3 Å². The molecule has 4 aliphatic rings. The summed E-state index contributed by atoms with van der Waals surface area (Å²) in [5.41, 5.74) is 4.06. The summed E-state index contributed by atoms with van der Waals surface area (Å²) in [7, 11) is 0. The van der Waals surface area contributed by atoms with Gasteiger partial charge in [0.25, 0.3) is 0 Å². The van der Waals surface area contributed by atoms with Crippen LogP contribution in [0.1, 0.15) is 72.1 Å². The van der Waals surface area contributed by atoms with Gasteiger partial charge in [-0.2, -0.15) is 5.26 Å².